The molecule has 6 rings (SSSR count). The molecular formula is C29H40N4OS. The molecule has 5 nitrogen and oxygen atoms in total. The number of nitrogens with one attached hydrogen (secondary N) is 1. The van der Waals surface area contributed by atoms with E-state index in [0.717, 1.165) is 56.0 Å². The van der Waals surface area contributed by atoms with Crippen molar-refractivity contribution in [3.05, 3.63) is 51.5 Å². The van der Waals surface area contributed by atoms with Crippen molar-refractivity contribution in [3.63, 3.8) is 0 Å². The summed E-state index contributed by atoms with van der Waals surface area (Å²) in [6, 6.07) is 11.4. The summed E-state index contributed by atoms with van der Waals surface area (Å²) in [4.78, 5) is 23.0. The third kappa shape index (κ3) is 4.15. The van der Waals surface area contributed by atoms with Crippen molar-refractivity contribution < 1.29 is 4.79 Å². The summed E-state index contributed by atoms with van der Waals surface area (Å²) in [5.41, 5.74) is 8.87. The van der Waals surface area contributed by atoms with Crippen LogP contribution in [0.3, 0.4) is 0 Å². The Balaban J connectivity index is 1.30. The maximum atomic E-state index is 14.5. The number of aromatic nitrogens is 1. The molecule has 2 saturated heterocycles. The number of hydrogen-bond acceptors (Lipinski definition) is 5. The van der Waals surface area contributed by atoms with Crippen LogP contribution >= 0.6 is 11.3 Å². The van der Waals surface area contributed by atoms with Crippen LogP contribution in [-0.4, -0.2) is 41.5 Å². The summed E-state index contributed by atoms with van der Waals surface area (Å²) in [6.45, 7) is 4.62. The fourth-order valence-electron chi connectivity index (χ4n) is 7.76. The fraction of sp³-hybridized carbons (Fsp3) is 0.655. The molecule has 2 unspecified atom stereocenters. The van der Waals surface area contributed by atoms with Gasteiger partial charge in [0.2, 0.25) is 5.91 Å². The van der Waals surface area contributed by atoms with Crippen molar-refractivity contribution in [2.75, 3.05) is 19.6 Å². The minimum Gasteiger partial charge on any atom is -0.339 e. The van der Waals surface area contributed by atoms with Crippen LogP contribution in [-0.2, 0) is 10.2 Å². The molecule has 3 N–H and O–H groups in total. The van der Waals surface area contributed by atoms with Crippen molar-refractivity contribution in [1.29, 1.82) is 0 Å². The SMILES string of the molecule is Cc1nc2c(s1)[C@]1(CCC2N)CNCC1C(=O)N1CC[C@@H](c2ccccc2)C[C@H]1C1CCCCC1. The van der Waals surface area contributed by atoms with E-state index in [4.69, 9.17) is 10.7 Å². The number of benzene rings is 1. The van der Waals surface area contributed by atoms with Gasteiger partial charge in [0.05, 0.1) is 16.6 Å². The van der Waals surface area contributed by atoms with E-state index in [1.165, 1.54) is 42.5 Å². The van der Waals surface area contributed by atoms with Gasteiger partial charge in [0.15, 0.2) is 0 Å². The molecule has 35 heavy (non-hydrogen) atoms. The lowest BCUT2D eigenvalue weighted by Gasteiger charge is -2.47. The van der Waals surface area contributed by atoms with Gasteiger partial charge in [0.1, 0.15) is 0 Å². The second-order valence-electron chi connectivity index (χ2n) is 11.6. The molecule has 2 aliphatic carbocycles. The smallest absolute Gasteiger partial charge is 0.228 e. The van der Waals surface area contributed by atoms with Crippen molar-refractivity contribution in [3.8, 4) is 0 Å². The highest BCUT2D eigenvalue weighted by Gasteiger charge is 2.54. The van der Waals surface area contributed by atoms with E-state index in [1.54, 1.807) is 11.3 Å². The molecule has 2 aliphatic heterocycles. The van der Waals surface area contributed by atoms with Gasteiger partial charge >= 0.3 is 0 Å². The Kier molecular flexibility index (Phi) is 6.48. The number of likely N-dealkylation sites (tertiary alicyclic amines) is 1. The maximum Gasteiger partial charge on any atom is 0.228 e. The van der Waals surface area contributed by atoms with Crippen LogP contribution in [0.5, 0.6) is 0 Å². The molecule has 5 atom stereocenters. The maximum absolute atomic E-state index is 14.5. The number of carbonyl (C=O) groups excluding carboxylic acids is 1. The monoisotopic (exact) mass is 492 g/mol. The van der Waals surface area contributed by atoms with Gasteiger partial charge < -0.3 is 16.0 Å². The number of carbonyl (C=O) groups is 1. The average molecular weight is 493 g/mol. The van der Waals surface area contributed by atoms with Crippen molar-refractivity contribution in [2.24, 2.45) is 17.6 Å². The average Bonchev–Trinajstić information content (AvgIpc) is 3.51. The number of fused-ring (bicyclic) bond motifs is 2. The number of rotatable bonds is 3. The quantitative estimate of drug-likeness (QED) is 0.628. The lowest BCUT2D eigenvalue weighted by Crippen LogP contribution is -2.55. The molecule has 0 bridgehead atoms. The Morgan fingerprint density at radius 2 is 1.94 bits per heavy atom. The molecule has 1 aromatic carbocycles. The number of nitrogens with two attached hydrogens (primary N) is 1. The van der Waals surface area contributed by atoms with Crippen molar-refractivity contribution in [1.82, 2.24) is 15.2 Å². The molecule has 2 aromatic rings. The zero-order chi connectivity index (χ0) is 24.0. The van der Waals surface area contributed by atoms with Crippen LogP contribution in [0.15, 0.2) is 30.3 Å². The van der Waals surface area contributed by atoms with Crippen LogP contribution in [0, 0.1) is 18.8 Å². The van der Waals surface area contributed by atoms with Crippen LogP contribution in [0.1, 0.15) is 90.9 Å². The van der Waals surface area contributed by atoms with Crippen LogP contribution in [0.4, 0.5) is 0 Å². The second kappa shape index (κ2) is 9.60. The number of nitrogens with zero attached hydrogens (tertiary/aromatic N) is 2. The van der Waals surface area contributed by atoms with E-state index in [-0.39, 0.29) is 17.4 Å². The van der Waals surface area contributed by atoms with Crippen LogP contribution < -0.4 is 11.1 Å². The third-order valence-electron chi connectivity index (χ3n) is 9.61. The number of thiazole rings is 1. The summed E-state index contributed by atoms with van der Waals surface area (Å²) in [5, 5.41) is 4.71. The zero-order valence-electron chi connectivity index (χ0n) is 21.0. The predicted molar refractivity (Wildman–Crippen MR) is 142 cm³/mol. The first-order valence-electron chi connectivity index (χ1n) is 13.9. The number of hydrogen-bond donors (Lipinski definition) is 2. The van der Waals surface area contributed by atoms with Gasteiger partial charge in [0, 0.05) is 42.0 Å². The lowest BCUT2D eigenvalue weighted by atomic mass is 9.67. The summed E-state index contributed by atoms with van der Waals surface area (Å²) < 4.78 is 0. The van der Waals surface area contributed by atoms with E-state index in [9.17, 15) is 4.79 Å². The molecule has 1 amide bonds. The zero-order valence-corrected chi connectivity index (χ0v) is 21.9. The van der Waals surface area contributed by atoms with E-state index in [2.05, 4.69) is 47.5 Å². The van der Waals surface area contributed by atoms with Crippen LogP contribution in [0.2, 0.25) is 0 Å². The summed E-state index contributed by atoms with van der Waals surface area (Å²) in [7, 11) is 0. The molecule has 3 heterocycles. The highest BCUT2D eigenvalue weighted by molar-refractivity contribution is 7.11. The Bertz CT molecular complexity index is 1050. The number of aryl methyl sites for hydroxylation is 1. The lowest BCUT2D eigenvalue weighted by molar-refractivity contribution is -0.143. The van der Waals surface area contributed by atoms with Gasteiger partial charge in [-0.15, -0.1) is 11.3 Å². The topological polar surface area (TPSA) is 71.2 Å². The largest absolute Gasteiger partial charge is 0.339 e. The van der Waals surface area contributed by atoms with E-state index >= 15 is 0 Å². The van der Waals surface area contributed by atoms with Crippen molar-refractivity contribution in [2.45, 2.75) is 88.1 Å². The molecule has 6 heteroatoms. The predicted octanol–water partition coefficient (Wildman–Crippen LogP) is 5.06. The highest BCUT2D eigenvalue weighted by atomic mass is 32.1. The van der Waals surface area contributed by atoms with Gasteiger partial charge in [-0.1, -0.05) is 49.6 Å². The Hall–Kier alpha value is -1.76. The Morgan fingerprint density at radius 3 is 2.74 bits per heavy atom. The summed E-state index contributed by atoms with van der Waals surface area (Å²) in [6.07, 6.45) is 10.6. The first-order valence-corrected chi connectivity index (χ1v) is 14.7. The normalized spacial score (nSPS) is 33.7. The molecule has 0 radical (unpaired) electrons. The molecule has 1 saturated carbocycles. The molecule has 1 aromatic heterocycles. The third-order valence-corrected chi connectivity index (χ3v) is 10.8. The van der Waals surface area contributed by atoms with Gasteiger partial charge in [-0.2, -0.15) is 0 Å². The molecule has 3 fully saturated rings. The molecular weight excluding hydrogens is 452 g/mol. The van der Waals surface area contributed by atoms with Gasteiger partial charge in [-0.05, 0) is 62.8 Å². The fourth-order valence-corrected chi connectivity index (χ4v) is 9.02. The first kappa shape index (κ1) is 23.6. The van der Waals surface area contributed by atoms with Gasteiger partial charge in [-0.3, -0.25) is 4.79 Å². The number of piperidine rings is 1. The Morgan fingerprint density at radius 1 is 1.14 bits per heavy atom. The minimum atomic E-state index is -0.137. The molecule has 1 spiro atoms. The number of amides is 1. The first-order chi connectivity index (χ1) is 17.1. The van der Waals surface area contributed by atoms with E-state index in [1.807, 2.05) is 0 Å². The summed E-state index contributed by atoms with van der Waals surface area (Å²) >= 11 is 1.78. The van der Waals surface area contributed by atoms with E-state index in [0.29, 0.717) is 23.8 Å². The van der Waals surface area contributed by atoms with Gasteiger partial charge in [-0.25, -0.2) is 4.98 Å². The minimum absolute atomic E-state index is 0.00651. The molecule has 4 aliphatic rings. The molecule has 188 valence electrons. The van der Waals surface area contributed by atoms with Gasteiger partial charge in [0.25, 0.3) is 0 Å². The highest BCUT2D eigenvalue weighted by Crippen LogP contribution is 2.51. The van der Waals surface area contributed by atoms with Crippen molar-refractivity contribution >= 4 is 17.2 Å². The Labute approximate surface area is 213 Å². The summed E-state index contributed by atoms with van der Waals surface area (Å²) in [5.74, 6) is 1.59. The standard InChI is InChI=1S/C29H40N4OS/c1-19-32-26-24(30)12-14-29(27(26)35-19)18-31-17-23(29)28(34)33-15-13-22(20-8-4-2-5-9-20)16-25(33)21-10-6-3-7-11-21/h2,4-5,8-9,21-25,31H,3,6-7,10-18,30H2,1H3/t22-,23?,24?,25+,29-/m1/s1. The second-order valence-corrected chi connectivity index (χ2v) is 12.8. The van der Waals surface area contributed by atoms with E-state index < -0.39 is 0 Å². The van der Waals surface area contributed by atoms with Crippen LogP contribution in [0.25, 0.3) is 0 Å².